The van der Waals surface area contributed by atoms with Crippen molar-refractivity contribution >= 4 is 17.4 Å². The fourth-order valence-electron chi connectivity index (χ4n) is 3.56. The highest BCUT2D eigenvalue weighted by atomic mass is 19.4. The number of aliphatic carboxylic acids is 1. The Balaban J connectivity index is 0.000000360. The van der Waals surface area contributed by atoms with Gasteiger partial charge < -0.3 is 20.5 Å². The Morgan fingerprint density at radius 2 is 1.88 bits per heavy atom. The Morgan fingerprint density at radius 3 is 2.41 bits per heavy atom. The van der Waals surface area contributed by atoms with E-state index in [9.17, 15) is 28.1 Å². The predicted octanol–water partition coefficient (Wildman–Crippen LogP) is -0.317. The van der Waals surface area contributed by atoms with Crippen LogP contribution in [0.5, 0.6) is 0 Å². The van der Waals surface area contributed by atoms with Crippen molar-refractivity contribution in [2.75, 3.05) is 7.05 Å². The second-order valence-corrected chi connectivity index (χ2v) is 7.18. The zero-order valence-electron chi connectivity index (χ0n) is 16.6. The number of allylic oxidation sites excluding steroid dienone is 1. The molecule has 2 atom stereocenters. The van der Waals surface area contributed by atoms with Crippen LogP contribution in [0.2, 0.25) is 0 Å². The van der Waals surface area contributed by atoms with E-state index in [-0.39, 0.29) is 23.2 Å². The van der Waals surface area contributed by atoms with Gasteiger partial charge in [0.1, 0.15) is 18.7 Å². The maximum Gasteiger partial charge on any atom is 0.430 e. The molecule has 0 spiro atoms. The van der Waals surface area contributed by atoms with Gasteiger partial charge in [0.15, 0.2) is 5.70 Å². The van der Waals surface area contributed by atoms with Crippen LogP contribution in [0.1, 0.15) is 5.56 Å². The van der Waals surface area contributed by atoms with Crippen LogP contribution in [0.3, 0.4) is 0 Å². The van der Waals surface area contributed by atoms with E-state index < -0.39 is 17.1 Å². The summed E-state index contributed by atoms with van der Waals surface area (Å²) in [6.45, 7) is 0.531. The number of carbonyl (C=O) groups is 2. The number of Topliss-reactive ketones (excluding diaryl/α,β-unsaturated/α-hetero) is 1. The summed E-state index contributed by atoms with van der Waals surface area (Å²) in [5.41, 5.74) is 9.90. The molecule has 0 radical (unpaired) electrons. The Bertz CT molecular complexity index is 1100. The molecule has 2 heterocycles. The van der Waals surface area contributed by atoms with Gasteiger partial charge in [0.2, 0.25) is 0 Å². The van der Waals surface area contributed by atoms with Gasteiger partial charge in [0.25, 0.3) is 11.5 Å². The summed E-state index contributed by atoms with van der Waals surface area (Å²) < 4.78 is 31.5. The maximum atomic E-state index is 12.7. The molecule has 12 heteroatoms. The van der Waals surface area contributed by atoms with Crippen LogP contribution in [0, 0.1) is 10.1 Å². The van der Waals surface area contributed by atoms with Gasteiger partial charge in [-0.05, 0) is 24.3 Å². The van der Waals surface area contributed by atoms with Crippen LogP contribution in [-0.2, 0) is 16.1 Å². The van der Waals surface area contributed by atoms with E-state index in [0.29, 0.717) is 12.2 Å². The summed E-state index contributed by atoms with van der Waals surface area (Å²) in [6, 6.07) is 6.39. The first-order chi connectivity index (χ1) is 14.9. The van der Waals surface area contributed by atoms with E-state index in [0.717, 1.165) is 21.6 Å². The molecule has 2 unspecified atom stereocenters. The first-order valence-corrected chi connectivity index (χ1v) is 9.16. The lowest BCUT2D eigenvalue weighted by Gasteiger charge is -2.31. The Kier molecular flexibility index (Phi) is 5.90. The van der Waals surface area contributed by atoms with Crippen molar-refractivity contribution in [3.05, 3.63) is 87.0 Å². The number of nitro groups is 1. The molecule has 0 bridgehead atoms. The first-order valence-electron chi connectivity index (χ1n) is 9.16. The van der Waals surface area contributed by atoms with Gasteiger partial charge >= 0.3 is 6.18 Å². The number of nitro benzene ring substituents is 1. The smallest absolute Gasteiger partial charge is 0.430 e. The van der Waals surface area contributed by atoms with Crippen LogP contribution in [0.25, 0.3) is 0 Å². The first kappa shape index (κ1) is 22.7. The van der Waals surface area contributed by atoms with E-state index >= 15 is 0 Å². The van der Waals surface area contributed by atoms with E-state index in [1.54, 1.807) is 18.2 Å². The summed E-state index contributed by atoms with van der Waals surface area (Å²) >= 11 is 0. The minimum Gasteiger partial charge on any atom is -0.542 e. The van der Waals surface area contributed by atoms with Gasteiger partial charge in [0.05, 0.1) is 22.2 Å². The van der Waals surface area contributed by atoms with Crippen molar-refractivity contribution in [3.63, 3.8) is 0 Å². The van der Waals surface area contributed by atoms with Crippen molar-refractivity contribution in [1.29, 1.82) is 0 Å². The van der Waals surface area contributed by atoms with Gasteiger partial charge in [-0.25, -0.2) is 0 Å². The summed E-state index contributed by atoms with van der Waals surface area (Å²) in [4.78, 5) is 34.7. The molecule has 168 valence electrons. The molecule has 0 saturated carbocycles. The number of hydrogen-bond donors (Lipinski definition) is 2. The lowest BCUT2D eigenvalue weighted by molar-refractivity contribution is -0.813. The standard InChI is InChI=1S/C18H16N4O3.C2HF3O2/c1-20-7-6-12-10-21(9-11-2-4-13(5-3-11)22(24)25)17-16(12)15(20)8-14(19)18(17)23;3-2(4,5)1(6)7/h2-8,10,15H,9,19H2,1H3;(H,6,7). The van der Waals surface area contributed by atoms with Crippen LogP contribution >= 0.6 is 0 Å². The zero-order chi connectivity index (χ0) is 23.8. The monoisotopic (exact) mass is 450 g/mol. The summed E-state index contributed by atoms with van der Waals surface area (Å²) in [7, 11) is 1.95. The van der Waals surface area contributed by atoms with Crippen molar-refractivity contribution in [2.24, 2.45) is 5.73 Å². The minimum absolute atomic E-state index is 0.0293. The van der Waals surface area contributed by atoms with Crippen LogP contribution in [0.4, 0.5) is 18.9 Å². The predicted molar refractivity (Wildman–Crippen MR) is 102 cm³/mol. The molecule has 1 aromatic rings. The average Bonchev–Trinajstić information content (AvgIpc) is 3.07. The molecular weight excluding hydrogens is 433 g/mol. The SMILES string of the molecule is CN1C=CC2=C[NH+](Cc3ccc([N+](=O)[O-])cc3)C3=C2C1C=C(N)C3=O.O=C([O-])C(F)(F)F. The molecular formula is C20H17F3N4O5. The number of non-ortho nitro benzene ring substituents is 1. The number of halogens is 3. The fourth-order valence-corrected chi connectivity index (χ4v) is 3.56. The van der Waals surface area contributed by atoms with E-state index in [1.165, 1.54) is 12.1 Å². The van der Waals surface area contributed by atoms with Crippen molar-refractivity contribution in [2.45, 2.75) is 18.8 Å². The molecule has 32 heavy (non-hydrogen) atoms. The van der Waals surface area contributed by atoms with E-state index in [4.69, 9.17) is 15.6 Å². The average molecular weight is 450 g/mol. The second kappa shape index (κ2) is 8.30. The molecule has 0 aromatic heterocycles. The second-order valence-electron chi connectivity index (χ2n) is 7.18. The lowest BCUT2D eigenvalue weighted by atomic mass is 9.88. The number of carbonyl (C=O) groups excluding carboxylic acids is 2. The number of hydrogen-bond acceptors (Lipinski definition) is 7. The number of carboxylic acid groups (broad SMARTS) is 1. The normalized spacial score (nSPS) is 21.4. The number of nitrogens with zero attached hydrogens (tertiary/aromatic N) is 2. The number of likely N-dealkylation sites (N-methyl/N-ethyl adjacent to an activating group) is 1. The van der Waals surface area contributed by atoms with E-state index in [2.05, 4.69) is 0 Å². The van der Waals surface area contributed by atoms with Gasteiger partial charge in [-0.2, -0.15) is 13.2 Å². The number of rotatable bonds is 3. The van der Waals surface area contributed by atoms with Crippen LogP contribution < -0.4 is 15.7 Å². The molecule has 1 aliphatic carbocycles. The third kappa shape index (κ3) is 4.39. The van der Waals surface area contributed by atoms with Gasteiger partial charge in [-0.1, -0.05) is 0 Å². The topological polar surface area (TPSA) is 134 Å². The quantitative estimate of drug-likeness (QED) is 0.476. The minimum atomic E-state index is -5.19. The Hall–Kier alpha value is -3.93. The summed E-state index contributed by atoms with van der Waals surface area (Å²) in [5.74, 6) is -3.15. The summed E-state index contributed by atoms with van der Waals surface area (Å²) in [6.07, 6.45) is 2.60. The maximum absolute atomic E-state index is 12.7. The number of benzene rings is 1. The van der Waals surface area contributed by atoms with E-state index in [1.807, 2.05) is 30.4 Å². The van der Waals surface area contributed by atoms with Crippen LogP contribution in [0.15, 0.2) is 71.4 Å². The zero-order valence-corrected chi connectivity index (χ0v) is 16.6. The third-order valence-corrected chi connectivity index (χ3v) is 5.05. The van der Waals surface area contributed by atoms with Gasteiger partial charge in [0, 0.05) is 36.5 Å². The molecule has 2 aliphatic heterocycles. The van der Waals surface area contributed by atoms with Gasteiger partial charge in [-0.15, -0.1) is 0 Å². The Labute approximate surface area is 179 Å². The number of ketones is 1. The van der Waals surface area contributed by atoms with Gasteiger partial charge in [-0.3, -0.25) is 19.8 Å². The van der Waals surface area contributed by atoms with Crippen molar-refractivity contribution in [3.8, 4) is 0 Å². The third-order valence-electron chi connectivity index (χ3n) is 5.05. The van der Waals surface area contributed by atoms with Crippen LogP contribution in [-0.4, -0.2) is 40.8 Å². The lowest BCUT2D eigenvalue weighted by Crippen LogP contribution is -3.04. The molecule has 0 amide bonds. The highest BCUT2D eigenvalue weighted by Crippen LogP contribution is 2.33. The molecule has 1 aromatic carbocycles. The number of nitrogens with two attached hydrogens (primary N) is 1. The van der Waals surface area contributed by atoms with Crippen molar-refractivity contribution < 1.29 is 37.7 Å². The molecule has 0 saturated heterocycles. The Morgan fingerprint density at radius 1 is 1.28 bits per heavy atom. The number of carboxylic acids is 1. The summed E-state index contributed by atoms with van der Waals surface area (Å²) in [5, 5.41) is 19.6. The number of nitrogens with one attached hydrogen (secondary N) is 1. The molecule has 4 rings (SSSR count). The molecule has 0 fully saturated rings. The number of quaternary nitrogens is 1. The molecule has 3 aliphatic rings. The molecule has 9 nitrogen and oxygen atoms in total. The fraction of sp³-hybridized carbons (Fsp3) is 0.200. The highest BCUT2D eigenvalue weighted by Gasteiger charge is 2.43. The largest absolute Gasteiger partial charge is 0.542 e. The molecule has 3 N–H and O–H groups in total. The van der Waals surface area contributed by atoms with Crippen molar-refractivity contribution in [1.82, 2.24) is 4.90 Å². The number of alkyl halides is 3. The highest BCUT2D eigenvalue weighted by molar-refractivity contribution is 6.08.